The number of amides is 1. The minimum atomic E-state index is -1.42. The highest BCUT2D eigenvalue weighted by Gasteiger charge is 2.65. The molecule has 0 radical (unpaired) electrons. The average Bonchev–Trinajstić information content (AvgIpc) is 3.19. The van der Waals surface area contributed by atoms with Crippen LogP contribution in [0.15, 0.2) is 65.9 Å². The molecular formula is C42H59N3O10. The third-order valence-corrected chi connectivity index (χ3v) is 10.8. The van der Waals surface area contributed by atoms with E-state index in [2.05, 4.69) is 23.7 Å². The van der Waals surface area contributed by atoms with Crippen molar-refractivity contribution in [1.29, 1.82) is 0 Å². The Morgan fingerprint density at radius 3 is 2.60 bits per heavy atom. The molecule has 3 aliphatic rings. The highest BCUT2D eigenvalue weighted by Crippen LogP contribution is 2.62. The molecule has 0 saturated heterocycles. The fourth-order valence-electron chi connectivity index (χ4n) is 8.54. The molecule has 13 nitrogen and oxygen atoms in total. The van der Waals surface area contributed by atoms with Gasteiger partial charge in [-0.3, -0.25) is 9.88 Å². The molecule has 13 heteroatoms. The molecule has 5 rings (SSSR count). The van der Waals surface area contributed by atoms with E-state index in [1.807, 2.05) is 44.2 Å². The number of carbonyl (C=O) groups is 1. The van der Waals surface area contributed by atoms with Crippen molar-refractivity contribution in [3.05, 3.63) is 77.7 Å². The Labute approximate surface area is 324 Å². The van der Waals surface area contributed by atoms with E-state index in [0.717, 1.165) is 48.2 Å². The first-order chi connectivity index (χ1) is 26.8. The summed E-state index contributed by atoms with van der Waals surface area (Å²) in [6.45, 7) is 9.02. The van der Waals surface area contributed by atoms with Gasteiger partial charge in [0.2, 0.25) is 5.79 Å². The van der Waals surface area contributed by atoms with E-state index < -0.39 is 23.8 Å². The molecule has 1 aromatic heterocycles. The summed E-state index contributed by atoms with van der Waals surface area (Å²) in [5.74, 6) is -0.651. The summed E-state index contributed by atoms with van der Waals surface area (Å²) in [6.07, 6.45) is 8.25. The number of aliphatic hydroxyl groups is 3. The maximum absolute atomic E-state index is 13.8. The number of aliphatic hydroxyl groups excluding tert-OH is 3. The molecule has 2 aromatic rings. The van der Waals surface area contributed by atoms with Gasteiger partial charge in [-0.25, -0.2) is 4.79 Å². The molecule has 1 amide bonds. The summed E-state index contributed by atoms with van der Waals surface area (Å²) < 4.78 is 31.5. The average molecular weight is 766 g/mol. The van der Waals surface area contributed by atoms with Gasteiger partial charge in [0.05, 0.1) is 50.9 Å². The Hall–Kier alpha value is -4.01. The lowest BCUT2D eigenvalue weighted by Crippen LogP contribution is -2.70. The van der Waals surface area contributed by atoms with Crippen molar-refractivity contribution < 1.29 is 48.6 Å². The number of rotatable bonds is 22. The number of allylic oxidation sites excluding steroid dienone is 1. The first kappa shape index (κ1) is 42.1. The number of hydrogen-bond acceptors (Lipinski definition) is 12. The number of fused-ring (bicyclic) bond motifs is 2. The number of aryl methyl sites for hydroxylation is 1. The van der Waals surface area contributed by atoms with Crippen LogP contribution in [0.25, 0.3) is 0 Å². The topological polar surface area (TPSA) is 162 Å². The smallest absolute Gasteiger partial charge is 0.410 e. The second-order valence-electron chi connectivity index (χ2n) is 14.2. The highest BCUT2D eigenvalue weighted by molar-refractivity contribution is 6.02. The number of benzene rings is 1. The van der Waals surface area contributed by atoms with E-state index in [0.29, 0.717) is 36.7 Å². The van der Waals surface area contributed by atoms with Crippen molar-refractivity contribution in [3.8, 4) is 11.5 Å². The summed E-state index contributed by atoms with van der Waals surface area (Å²) in [7, 11) is 1.34. The lowest BCUT2D eigenvalue weighted by atomic mass is 9.55. The molecule has 2 heterocycles. The second kappa shape index (κ2) is 20.8. The van der Waals surface area contributed by atoms with Gasteiger partial charge in [0.15, 0.2) is 0 Å². The van der Waals surface area contributed by atoms with Gasteiger partial charge in [-0.05, 0) is 87.3 Å². The first-order valence-electron chi connectivity index (χ1n) is 19.6. The van der Waals surface area contributed by atoms with Gasteiger partial charge in [-0.1, -0.05) is 36.2 Å². The fourth-order valence-corrected chi connectivity index (χ4v) is 8.54. The molecule has 1 aromatic carbocycles. The van der Waals surface area contributed by atoms with Crippen LogP contribution >= 0.6 is 0 Å². The minimum absolute atomic E-state index is 0.0635. The number of hydrogen-bond donors (Lipinski definition) is 3. The molecular weight excluding hydrogens is 706 g/mol. The SMILES string of the molecule is C=CCOC12Oc3ccc(OCc4cccc(C)n4)cc3C3C(CCCCO)C(CCCCO)C=C(C(=NOCC)CC1N(CCOCCO)C(=O)OC)C32. The first-order valence-corrected chi connectivity index (χ1v) is 19.6. The number of unbranched alkanes of at least 4 members (excludes halogenated alkanes) is 2. The second-order valence-corrected chi connectivity index (χ2v) is 14.2. The van der Waals surface area contributed by atoms with Gasteiger partial charge >= 0.3 is 6.09 Å². The van der Waals surface area contributed by atoms with Gasteiger partial charge in [0, 0.05) is 43.4 Å². The zero-order valence-electron chi connectivity index (χ0n) is 32.6. The Morgan fingerprint density at radius 1 is 1.09 bits per heavy atom. The molecule has 1 fully saturated rings. The Bertz CT molecular complexity index is 1620. The van der Waals surface area contributed by atoms with Crippen molar-refractivity contribution in [1.82, 2.24) is 9.88 Å². The zero-order valence-corrected chi connectivity index (χ0v) is 32.6. The van der Waals surface area contributed by atoms with Crippen molar-refractivity contribution in [2.45, 2.75) is 83.1 Å². The largest absolute Gasteiger partial charge is 0.487 e. The van der Waals surface area contributed by atoms with Crippen LogP contribution in [0.3, 0.4) is 0 Å². The summed E-state index contributed by atoms with van der Waals surface area (Å²) in [6, 6.07) is 11.0. The van der Waals surface area contributed by atoms with Gasteiger partial charge in [0.1, 0.15) is 30.8 Å². The minimum Gasteiger partial charge on any atom is -0.487 e. The highest BCUT2D eigenvalue weighted by atomic mass is 16.7. The molecule has 1 saturated carbocycles. The third-order valence-electron chi connectivity index (χ3n) is 10.8. The van der Waals surface area contributed by atoms with E-state index in [1.165, 1.54) is 7.11 Å². The fraction of sp³-hybridized carbons (Fsp3) is 0.595. The molecule has 55 heavy (non-hydrogen) atoms. The molecule has 302 valence electrons. The van der Waals surface area contributed by atoms with Gasteiger partial charge in [-0.15, -0.1) is 6.58 Å². The van der Waals surface area contributed by atoms with Crippen LogP contribution < -0.4 is 9.47 Å². The van der Waals surface area contributed by atoms with Crippen LogP contribution in [0.1, 0.15) is 74.7 Å². The van der Waals surface area contributed by atoms with E-state index >= 15 is 0 Å². The lowest BCUT2D eigenvalue weighted by Gasteiger charge is -2.59. The Kier molecular flexibility index (Phi) is 15.9. The number of ether oxygens (including phenoxy) is 5. The summed E-state index contributed by atoms with van der Waals surface area (Å²) in [4.78, 5) is 25.8. The lowest BCUT2D eigenvalue weighted by molar-refractivity contribution is -0.255. The number of oxime groups is 1. The van der Waals surface area contributed by atoms with Crippen LogP contribution in [-0.2, 0) is 25.7 Å². The molecule has 1 aliphatic heterocycles. The van der Waals surface area contributed by atoms with Crippen LogP contribution in [-0.4, -0.2) is 109 Å². The molecule has 6 unspecified atom stereocenters. The monoisotopic (exact) mass is 765 g/mol. The third kappa shape index (κ3) is 9.87. The van der Waals surface area contributed by atoms with Gasteiger partial charge in [0.25, 0.3) is 0 Å². The molecule has 0 bridgehead atoms. The van der Waals surface area contributed by atoms with Gasteiger partial charge in [-0.2, -0.15) is 0 Å². The predicted molar refractivity (Wildman–Crippen MR) is 207 cm³/mol. The van der Waals surface area contributed by atoms with E-state index in [-0.39, 0.29) is 77.0 Å². The Morgan fingerprint density at radius 2 is 1.89 bits per heavy atom. The molecule has 6 atom stereocenters. The standard InChI is InChI=1S/C42H59N3O10/c1-5-22-53-42-38(45(41(49)50-4)18-23-51-24-21-48)27-36(44-54-6-2)34-25-30(13-7-9-19-46)33(15-8-10-20-47)39(40(34)42)35-26-32(16-17-37(35)55-42)52-28-31-14-11-12-29(3)43-31/h5,11-12,14,16-17,25-26,30,33,38-40,46-48H,1,6-10,13,15,18-24,27-28H2,2-4H3. The van der Waals surface area contributed by atoms with Crippen molar-refractivity contribution in [3.63, 3.8) is 0 Å². The maximum Gasteiger partial charge on any atom is 0.410 e. The number of nitrogens with zero attached hydrogens (tertiary/aromatic N) is 3. The predicted octanol–water partition coefficient (Wildman–Crippen LogP) is 5.70. The van der Waals surface area contributed by atoms with Crippen LogP contribution in [0.5, 0.6) is 11.5 Å². The van der Waals surface area contributed by atoms with E-state index in [1.54, 1.807) is 11.0 Å². The number of aromatic nitrogens is 1. The summed E-state index contributed by atoms with van der Waals surface area (Å²) in [5.41, 5.74) is 4.31. The number of methoxy groups -OCH3 is 1. The van der Waals surface area contributed by atoms with Crippen molar-refractivity contribution in [2.24, 2.45) is 22.9 Å². The summed E-state index contributed by atoms with van der Waals surface area (Å²) in [5, 5.41) is 33.7. The van der Waals surface area contributed by atoms with E-state index in [4.69, 9.17) is 33.7 Å². The zero-order chi connectivity index (χ0) is 39.2. The quantitative estimate of drug-likeness (QED) is 0.0767. The van der Waals surface area contributed by atoms with Crippen molar-refractivity contribution in [2.75, 3.05) is 59.9 Å². The normalized spacial score (nSPS) is 24.6. The molecule has 2 aliphatic carbocycles. The van der Waals surface area contributed by atoms with Crippen LogP contribution in [0.4, 0.5) is 4.79 Å². The van der Waals surface area contributed by atoms with Crippen LogP contribution in [0.2, 0.25) is 0 Å². The van der Waals surface area contributed by atoms with E-state index in [9.17, 15) is 20.1 Å². The number of carbonyl (C=O) groups excluding carboxylic acids is 1. The molecule has 3 N–H and O–H groups in total. The maximum atomic E-state index is 13.8. The Balaban J connectivity index is 1.72. The number of pyridine rings is 1. The summed E-state index contributed by atoms with van der Waals surface area (Å²) >= 11 is 0. The van der Waals surface area contributed by atoms with Gasteiger partial charge < -0.3 is 43.8 Å². The molecule has 0 spiro atoms. The van der Waals surface area contributed by atoms with Crippen LogP contribution in [0, 0.1) is 24.7 Å². The van der Waals surface area contributed by atoms with Crippen molar-refractivity contribution >= 4 is 11.8 Å².